The number of nitrogens with zero attached hydrogens (tertiary/aromatic N) is 3. The monoisotopic (exact) mass is 474 g/mol. The Bertz CT molecular complexity index is 1380. The Morgan fingerprint density at radius 3 is 2.82 bits per heavy atom. The van der Waals surface area contributed by atoms with Crippen molar-refractivity contribution < 1.29 is 19.0 Å². The zero-order valence-corrected chi connectivity index (χ0v) is 19.8. The number of thiophene rings is 1. The van der Waals surface area contributed by atoms with Gasteiger partial charge in [0.25, 0.3) is 0 Å². The first-order chi connectivity index (χ1) is 16.5. The van der Waals surface area contributed by atoms with Gasteiger partial charge in [0.15, 0.2) is 0 Å². The smallest absolute Gasteiger partial charge is 0.336 e. The van der Waals surface area contributed by atoms with Crippen LogP contribution in [0.4, 0.5) is 5.69 Å². The number of benzene rings is 1. The number of hydrogen-bond donors (Lipinski definition) is 1. The highest BCUT2D eigenvalue weighted by Crippen LogP contribution is 2.51. The second-order valence-corrected chi connectivity index (χ2v) is 8.40. The van der Waals surface area contributed by atoms with Crippen molar-refractivity contribution in [3.05, 3.63) is 57.6 Å². The molecule has 172 valence electrons. The fourth-order valence-corrected chi connectivity index (χ4v) is 4.95. The van der Waals surface area contributed by atoms with Crippen LogP contribution in [0.5, 0.6) is 11.6 Å². The van der Waals surface area contributed by atoms with E-state index >= 15 is 0 Å². The van der Waals surface area contributed by atoms with Crippen molar-refractivity contribution in [3.63, 3.8) is 0 Å². The van der Waals surface area contributed by atoms with Crippen molar-refractivity contribution in [2.45, 2.75) is 26.2 Å². The first-order valence-electron chi connectivity index (χ1n) is 10.7. The van der Waals surface area contributed by atoms with Gasteiger partial charge in [0, 0.05) is 11.3 Å². The number of carbonyl (C=O) groups is 1. The topological polar surface area (TPSA) is 117 Å². The molecule has 1 aliphatic rings. The van der Waals surface area contributed by atoms with Crippen LogP contribution < -0.4 is 14.8 Å². The zero-order valence-electron chi connectivity index (χ0n) is 19.0. The summed E-state index contributed by atoms with van der Waals surface area (Å²) in [6.07, 6.45) is 0.0918. The molecule has 1 aliphatic heterocycles. The second kappa shape index (κ2) is 9.82. The minimum Gasteiger partial charge on any atom is -0.496 e. The molecule has 1 N–H and O–H groups in total. The molecule has 0 spiro atoms. The Morgan fingerprint density at radius 1 is 1.29 bits per heavy atom. The highest BCUT2D eigenvalue weighted by Gasteiger charge is 2.39. The van der Waals surface area contributed by atoms with Crippen LogP contribution in [-0.4, -0.2) is 31.3 Å². The summed E-state index contributed by atoms with van der Waals surface area (Å²) in [5.41, 5.74) is 4.39. The van der Waals surface area contributed by atoms with Crippen molar-refractivity contribution in [2.75, 3.05) is 25.6 Å². The summed E-state index contributed by atoms with van der Waals surface area (Å²) in [7, 11) is 1.52. The lowest BCUT2D eigenvalue weighted by molar-refractivity contribution is -0.139. The van der Waals surface area contributed by atoms with Crippen LogP contribution in [0, 0.1) is 22.7 Å². The Balaban J connectivity index is 2.00. The molecule has 0 amide bonds. The van der Waals surface area contributed by atoms with E-state index < -0.39 is 11.9 Å². The Morgan fingerprint density at radius 2 is 2.12 bits per heavy atom. The van der Waals surface area contributed by atoms with Crippen LogP contribution in [0.1, 0.15) is 42.9 Å². The number of hydrogen-bond acceptors (Lipinski definition) is 9. The molecule has 9 heteroatoms. The largest absolute Gasteiger partial charge is 0.496 e. The SMILES string of the molecule is CCOc1nc2ccsc2c2c1C(c1ccc(C#N)cc1OC)C(C(=O)OCCC#N)=C(C)N2. The van der Waals surface area contributed by atoms with E-state index in [4.69, 9.17) is 24.5 Å². The number of pyridine rings is 1. The lowest BCUT2D eigenvalue weighted by atomic mass is 9.80. The quantitative estimate of drug-likeness (QED) is 0.381. The molecule has 0 fully saturated rings. The number of methoxy groups -OCH3 is 1. The molecular weight excluding hydrogens is 452 g/mol. The maximum absolute atomic E-state index is 13.3. The van der Waals surface area contributed by atoms with Crippen molar-refractivity contribution >= 4 is 33.2 Å². The van der Waals surface area contributed by atoms with Gasteiger partial charge in [-0.3, -0.25) is 0 Å². The zero-order chi connectivity index (χ0) is 24.2. The number of nitrogens with one attached hydrogen (secondary N) is 1. The number of allylic oxidation sites excluding steroid dienone is 1. The van der Waals surface area contributed by atoms with Crippen LogP contribution in [0.15, 0.2) is 40.9 Å². The number of rotatable bonds is 7. The van der Waals surface area contributed by atoms with Crippen LogP contribution in [0.25, 0.3) is 10.2 Å². The van der Waals surface area contributed by atoms with Gasteiger partial charge in [0.2, 0.25) is 5.88 Å². The van der Waals surface area contributed by atoms with Crippen molar-refractivity contribution in [1.29, 1.82) is 10.5 Å². The van der Waals surface area contributed by atoms with Crippen molar-refractivity contribution in [2.24, 2.45) is 0 Å². The normalized spacial score (nSPS) is 14.6. The molecule has 1 atom stereocenters. The highest BCUT2D eigenvalue weighted by molar-refractivity contribution is 7.17. The third kappa shape index (κ3) is 4.02. The van der Waals surface area contributed by atoms with E-state index in [0.29, 0.717) is 46.2 Å². The second-order valence-electron chi connectivity index (χ2n) is 7.48. The lowest BCUT2D eigenvalue weighted by Crippen LogP contribution is -2.26. The standard InChI is InChI=1S/C25H22N4O4S/c1-4-32-24-21-20(16-7-6-15(13-27)12-18(16)31-3)19(25(30)33-10-5-9-26)14(2)28-22(21)23-17(29-24)8-11-34-23/h6-8,11-12,20,28H,4-5,10H2,1-3H3. The molecule has 2 aromatic heterocycles. The van der Waals surface area contributed by atoms with Gasteiger partial charge in [-0.25, -0.2) is 9.78 Å². The molecule has 1 unspecified atom stereocenters. The van der Waals surface area contributed by atoms with Crippen molar-refractivity contribution in [1.82, 2.24) is 4.98 Å². The third-order valence-electron chi connectivity index (χ3n) is 5.51. The Hall–Kier alpha value is -4.08. The summed E-state index contributed by atoms with van der Waals surface area (Å²) in [6.45, 7) is 4.05. The summed E-state index contributed by atoms with van der Waals surface area (Å²) < 4.78 is 18.0. The molecule has 34 heavy (non-hydrogen) atoms. The van der Waals surface area contributed by atoms with E-state index in [2.05, 4.69) is 11.4 Å². The minimum absolute atomic E-state index is 0.0171. The maximum Gasteiger partial charge on any atom is 0.336 e. The molecule has 1 aromatic carbocycles. The molecule has 0 saturated heterocycles. The van der Waals surface area contributed by atoms with E-state index in [1.807, 2.05) is 31.4 Å². The minimum atomic E-state index is -0.630. The summed E-state index contributed by atoms with van der Waals surface area (Å²) in [4.78, 5) is 18.0. The van der Waals surface area contributed by atoms with Crippen LogP contribution in [-0.2, 0) is 9.53 Å². The number of aromatic nitrogens is 1. The van der Waals surface area contributed by atoms with Gasteiger partial charge >= 0.3 is 5.97 Å². The maximum atomic E-state index is 13.3. The van der Waals surface area contributed by atoms with E-state index in [0.717, 1.165) is 15.9 Å². The van der Waals surface area contributed by atoms with Crippen LogP contribution >= 0.6 is 11.3 Å². The highest BCUT2D eigenvalue weighted by atomic mass is 32.1. The van der Waals surface area contributed by atoms with Gasteiger partial charge in [-0.1, -0.05) is 6.07 Å². The van der Waals surface area contributed by atoms with Crippen molar-refractivity contribution in [3.8, 4) is 23.8 Å². The fraction of sp³-hybridized carbons (Fsp3) is 0.280. The summed E-state index contributed by atoms with van der Waals surface area (Å²) in [5, 5.41) is 23.6. The van der Waals surface area contributed by atoms with E-state index in [1.54, 1.807) is 29.5 Å². The number of carbonyl (C=O) groups excluding carboxylic acids is 1. The average Bonchev–Trinajstić information content (AvgIpc) is 3.32. The number of anilines is 1. The molecule has 0 bridgehead atoms. The van der Waals surface area contributed by atoms with Gasteiger partial charge in [-0.05, 0) is 37.4 Å². The Labute approximate surface area is 201 Å². The number of ether oxygens (including phenoxy) is 3. The van der Waals surface area contributed by atoms with Gasteiger partial charge in [-0.15, -0.1) is 11.3 Å². The Kier molecular flexibility index (Phi) is 6.67. The molecule has 0 radical (unpaired) electrons. The molecular formula is C25H22N4O4S. The number of esters is 1. The fourth-order valence-electron chi connectivity index (χ4n) is 4.10. The number of fused-ring (bicyclic) bond motifs is 3. The van der Waals surface area contributed by atoms with Gasteiger partial charge in [0.1, 0.15) is 12.4 Å². The summed E-state index contributed by atoms with van der Waals surface area (Å²) in [6, 6.07) is 11.1. The average molecular weight is 475 g/mol. The molecule has 4 rings (SSSR count). The van der Waals surface area contributed by atoms with E-state index in [-0.39, 0.29) is 13.0 Å². The summed E-state index contributed by atoms with van der Waals surface area (Å²) >= 11 is 1.54. The van der Waals surface area contributed by atoms with Gasteiger partial charge in [-0.2, -0.15) is 10.5 Å². The first kappa shape index (κ1) is 23.1. The van der Waals surface area contributed by atoms with Gasteiger partial charge < -0.3 is 19.5 Å². The predicted molar refractivity (Wildman–Crippen MR) is 128 cm³/mol. The molecule has 8 nitrogen and oxygen atoms in total. The predicted octanol–water partition coefficient (Wildman–Crippen LogP) is 4.86. The van der Waals surface area contributed by atoms with E-state index in [9.17, 15) is 10.1 Å². The van der Waals surface area contributed by atoms with E-state index in [1.165, 1.54) is 7.11 Å². The van der Waals surface area contributed by atoms with Crippen LogP contribution in [0.3, 0.4) is 0 Å². The first-order valence-corrected chi connectivity index (χ1v) is 11.6. The molecule has 0 aliphatic carbocycles. The third-order valence-corrected chi connectivity index (χ3v) is 6.43. The lowest BCUT2D eigenvalue weighted by Gasteiger charge is -2.32. The summed E-state index contributed by atoms with van der Waals surface area (Å²) in [5.74, 6) is -0.312. The molecule has 0 saturated carbocycles. The molecule has 3 aromatic rings. The van der Waals surface area contributed by atoms with Gasteiger partial charge in [0.05, 0.1) is 70.8 Å². The number of nitriles is 2. The van der Waals surface area contributed by atoms with Crippen LogP contribution in [0.2, 0.25) is 0 Å². The molecule has 3 heterocycles.